The molecule has 0 aliphatic heterocycles. The van der Waals surface area contributed by atoms with Gasteiger partial charge in [0.05, 0.1) is 6.61 Å². The topological polar surface area (TPSA) is 29.5 Å². The molecule has 0 aliphatic carbocycles. The molecule has 0 saturated carbocycles. The summed E-state index contributed by atoms with van der Waals surface area (Å²) in [5.41, 5.74) is 4.67. The zero-order valence-electron chi connectivity index (χ0n) is 12.0. The minimum atomic E-state index is -0.252. The van der Waals surface area contributed by atoms with Gasteiger partial charge in [0, 0.05) is 0 Å². The molecule has 0 aliphatic rings. The van der Waals surface area contributed by atoms with Crippen molar-refractivity contribution in [1.29, 1.82) is 0 Å². The third-order valence-electron chi connectivity index (χ3n) is 3.39. The number of rotatable bonds is 4. The van der Waals surface area contributed by atoms with Crippen LogP contribution < -0.4 is 4.74 Å². The van der Waals surface area contributed by atoms with E-state index < -0.39 is 0 Å². The normalized spacial score (nSPS) is 10.7. The first-order valence-corrected chi connectivity index (χ1v) is 6.60. The van der Waals surface area contributed by atoms with Crippen molar-refractivity contribution in [2.24, 2.45) is 0 Å². The lowest BCUT2D eigenvalue weighted by Gasteiger charge is -2.14. The van der Waals surface area contributed by atoms with Gasteiger partial charge in [-0.25, -0.2) is 4.39 Å². The fourth-order valence-corrected chi connectivity index (χ4v) is 2.30. The monoisotopic (exact) mass is 274 g/mol. The van der Waals surface area contributed by atoms with Crippen LogP contribution in [0.1, 0.15) is 27.8 Å². The van der Waals surface area contributed by atoms with Gasteiger partial charge in [0.15, 0.2) is 0 Å². The van der Waals surface area contributed by atoms with Crippen molar-refractivity contribution in [3.8, 4) is 5.75 Å². The molecule has 0 spiro atoms. The van der Waals surface area contributed by atoms with Gasteiger partial charge in [-0.15, -0.1) is 0 Å². The van der Waals surface area contributed by atoms with E-state index in [9.17, 15) is 4.39 Å². The first-order chi connectivity index (χ1) is 9.51. The number of aliphatic hydroxyl groups excluding tert-OH is 1. The minimum absolute atomic E-state index is 0.0188. The number of hydrogen-bond acceptors (Lipinski definition) is 2. The number of benzene rings is 2. The summed E-state index contributed by atoms with van der Waals surface area (Å²) < 4.78 is 19.1. The summed E-state index contributed by atoms with van der Waals surface area (Å²) >= 11 is 0. The molecule has 0 atom stereocenters. The third-order valence-corrected chi connectivity index (χ3v) is 3.39. The Morgan fingerprint density at radius 2 is 1.65 bits per heavy atom. The molecule has 2 nitrogen and oxygen atoms in total. The van der Waals surface area contributed by atoms with E-state index in [4.69, 9.17) is 9.84 Å². The van der Waals surface area contributed by atoms with E-state index in [2.05, 4.69) is 0 Å². The van der Waals surface area contributed by atoms with Crippen LogP contribution in [0.25, 0.3) is 0 Å². The van der Waals surface area contributed by atoms with E-state index in [-0.39, 0.29) is 12.4 Å². The van der Waals surface area contributed by atoms with Crippen molar-refractivity contribution in [3.63, 3.8) is 0 Å². The molecular formula is C17H19FO2. The maximum absolute atomic E-state index is 13.2. The Bertz CT molecular complexity index is 597. The van der Waals surface area contributed by atoms with Crippen LogP contribution in [0, 0.1) is 26.6 Å². The number of ether oxygens (including phenoxy) is 1. The van der Waals surface area contributed by atoms with Crippen molar-refractivity contribution in [1.82, 2.24) is 0 Å². The second-order valence-electron chi connectivity index (χ2n) is 5.08. The molecule has 0 unspecified atom stereocenters. The molecular weight excluding hydrogens is 255 g/mol. The van der Waals surface area contributed by atoms with E-state index >= 15 is 0 Å². The summed E-state index contributed by atoms with van der Waals surface area (Å²) in [6.07, 6.45) is 0. The van der Waals surface area contributed by atoms with Crippen LogP contribution in [0.15, 0.2) is 30.3 Å². The highest BCUT2D eigenvalue weighted by Crippen LogP contribution is 2.26. The predicted molar refractivity (Wildman–Crippen MR) is 77.3 cm³/mol. The van der Waals surface area contributed by atoms with Crippen LogP contribution in [0.4, 0.5) is 4.39 Å². The van der Waals surface area contributed by atoms with Gasteiger partial charge in [0.1, 0.15) is 18.2 Å². The van der Waals surface area contributed by atoms with Crippen molar-refractivity contribution in [2.75, 3.05) is 0 Å². The molecule has 2 aromatic rings. The second kappa shape index (κ2) is 6.06. The minimum Gasteiger partial charge on any atom is -0.488 e. The third kappa shape index (κ3) is 3.17. The van der Waals surface area contributed by atoms with Gasteiger partial charge in [-0.05, 0) is 60.7 Å². The highest BCUT2D eigenvalue weighted by atomic mass is 19.1. The molecule has 0 fully saturated rings. The highest BCUT2D eigenvalue weighted by molar-refractivity contribution is 5.43. The molecule has 20 heavy (non-hydrogen) atoms. The molecule has 2 rings (SSSR count). The van der Waals surface area contributed by atoms with Crippen molar-refractivity contribution in [2.45, 2.75) is 34.0 Å². The molecule has 0 heterocycles. The van der Waals surface area contributed by atoms with E-state index in [0.717, 1.165) is 33.6 Å². The quantitative estimate of drug-likeness (QED) is 0.918. The lowest BCUT2D eigenvalue weighted by molar-refractivity contribution is 0.280. The SMILES string of the molecule is Cc1ccc(F)cc1COc1c(C)cc(CO)cc1C. The Hall–Kier alpha value is -1.87. The highest BCUT2D eigenvalue weighted by Gasteiger charge is 2.08. The van der Waals surface area contributed by atoms with E-state index in [0.29, 0.717) is 6.61 Å². The number of hydrogen-bond donors (Lipinski definition) is 1. The van der Waals surface area contributed by atoms with Crippen LogP contribution in [-0.2, 0) is 13.2 Å². The van der Waals surface area contributed by atoms with E-state index in [1.165, 1.54) is 12.1 Å². The van der Waals surface area contributed by atoms with Gasteiger partial charge in [0.2, 0.25) is 0 Å². The van der Waals surface area contributed by atoms with Gasteiger partial charge in [-0.2, -0.15) is 0 Å². The molecule has 0 radical (unpaired) electrons. The van der Waals surface area contributed by atoms with E-state index in [1.54, 1.807) is 6.07 Å². The largest absolute Gasteiger partial charge is 0.488 e. The summed E-state index contributed by atoms with van der Waals surface area (Å²) in [4.78, 5) is 0. The van der Waals surface area contributed by atoms with Crippen LogP contribution in [0.3, 0.4) is 0 Å². The average molecular weight is 274 g/mol. The van der Waals surface area contributed by atoms with Crippen LogP contribution in [0.2, 0.25) is 0 Å². The molecule has 2 aromatic carbocycles. The number of aliphatic hydroxyl groups is 1. The summed E-state index contributed by atoms with van der Waals surface area (Å²) in [7, 11) is 0. The summed E-state index contributed by atoms with van der Waals surface area (Å²) in [5.74, 6) is 0.545. The predicted octanol–water partition coefficient (Wildman–Crippen LogP) is 3.82. The van der Waals surface area contributed by atoms with Gasteiger partial charge in [0.25, 0.3) is 0 Å². The number of aryl methyl sites for hydroxylation is 3. The van der Waals surface area contributed by atoms with Gasteiger partial charge >= 0.3 is 0 Å². The van der Waals surface area contributed by atoms with Gasteiger partial charge in [-0.1, -0.05) is 18.2 Å². The maximum Gasteiger partial charge on any atom is 0.125 e. The van der Waals surface area contributed by atoms with Crippen LogP contribution in [-0.4, -0.2) is 5.11 Å². The summed E-state index contributed by atoms with van der Waals surface area (Å²) in [6, 6.07) is 8.51. The molecule has 0 aromatic heterocycles. The molecule has 1 N–H and O–H groups in total. The fraction of sp³-hybridized carbons (Fsp3) is 0.294. The summed E-state index contributed by atoms with van der Waals surface area (Å²) in [6.45, 7) is 6.18. The Kier molecular flexibility index (Phi) is 4.40. The van der Waals surface area contributed by atoms with Crippen molar-refractivity contribution < 1.29 is 14.2 Å². The smallest absolute Gasteiger partial charge is 0.125 e. The Balaban J connectivity index is 2.21. The molecule has 0 saturated heterocycles. The summed E-state index contributed by atoms with van der Waals surface area (Å²) in [5, 5.41) is 9.17. The van der Waals surface area contributed by atoms with Crippen LogP contribution >= 0.6 is 0 Å². The van der Waals surface area contributed by atoms with Gasteiger partial charge in [-0.3, -0.25) is 0 Å². The van der Waals surface area contributed by atoms with Crippen LogP contribution in [0.5, 0.6) is 5.75 Å². The number of halogens is 1. The fourth-order valence-electron chi connectivity index (χ4n) is 2.30. The first kappa shape index (κ1) is 14.5. The van der Waals surface area contributed by atoms with Gasteiger partial charge < -0.3 is 9.84 Å². The Labute approximate surface area is 118 Å². The lowest BCUT2D eigenvalue weighted by atomic mass is 10.1. The molecule has 0 bridgehead atoms. The van der Waals surface area contributed by atoms with Crippen molar-refractivity contribution >= 4 is 0 Å². The molecule has 106 valence electrons. The second-order valence-corrected chi connectivity index (χ2v) is 5.08. The lowest BCUT2D eigenvalue weighted by Crippen LogP contribution is -2.02. The Morgan fingerprint density at radius 3 is 2.25 bits per heavy atom. The average Bonchev–Trinajstić information content (AvgIpc) is 2.41. The zero-order valence-corrected chi connectivity index (χ0v) is 12.0. The van der Waals surface area contributed by atoms with Crippen molar-refractivity contribution in [3.05, 3.63) is 64.0 Å². The first-order valence-electron chi connectivity index (χ1n) is 6.60. The molecule has 0 amide bonds. The maximum atomic E-state index is 13.2. The Morgan fingerprint density at radius 1 is 1.00 bits per heavy atom. The standard InChI is InChI=1S/C17H19FO2/c1-11-4-5-16(18)8-15(11)10-20-17-12(2)6-14(9-19)7-13(17)3/h4-8,19H,9-10H2,1-3H3. The van der Waals surface area contributed by atoms with E-state index in [1.807, 2.05) is 32.9 Å². The zero-order chi connectivity index (χ0) is 14.7. The molecule has 3 heteroatoms.